The fourth-order valence-electron chi connectivity index (χ4n) is 2.14. The fourth-order valence-corrected chi connectivity index (χ4v) is 2.14. The van der Waals surface area contributed by atoms with E-state index in [1.807, 2.05) is 0 Å². The highest BCUT2D eigenvalue weighted by molar-refractivity contribution is 5.82. The van der Waals surface area contributed by atoms with Gasteiger partial charge in [0.05, 0.1) is 0 Å². The summed E-state index contributed by atoms with van der Waals surface area (Å²) >= 11 is 0. The molecule has 3 nitrogen and oxygen atoms in total. The minimum atomic E-state index is 0.532. The summed E-state index contributed by atoms with van der Waals surface area (Å²) in [7, 11) is 0. The van der Waals surface area contributed by atoms with Crippen LogP contribution in [0.4, 0.5) is 0 Å². The lowest BCUT2D eigenvalue weighted by Gasteiger charge is -2.00. The van der Waals surface area contributed by atoms with Crippen LogP contribution in [-0.4, -0.2) is 12.4 Å². The van der Waals surface area contributed by atoms with Crippen molar-refractivity contribution in [1.82, 2.24) is 0 Å². The van der Waals surface area contributed by atoms with Gasteiger partial charge in [-0.1, -0.05) is 71.6 Å². The zero-order valence-electron chi connectivity index (χ0n) is 13.0. The first-order chi connectivity index (χ1) is 9.35. The molecule has 0 aliphatic carbocycles. The van der Waals surface area contributed by atoms with E-state index < -0.39 is 0 Å². The molecule has 0 heterocycles. The molecule has 19 heavy (non-hydrogen) atoms. The van der Waals surface area contributed by atoms with E-state index in [0.29, 0.717) is 5.84 Å². The molecule has 0 saturated carbocycles. The highest BCUT2D eigenvalue weighted by Crippen LogP contribution is 2.08. The first-order valence-corrected chi connectivity index (χ1v) is 8.21. The number of nitroso groups, excluding NO2 is 1. The van der Waals surface area contributed by atoms with E-state index in [9.17, 15) is 4.91 Å². The Morgan fingerprint density at radius 3 is 1.84 bits per heavy atom. The number of nitrogens with zero attached hydrogens (tertiary/aromatic N) is 2. The average Bonchev–Trinajstić information content (AvgIpc) is 2.44. The number of unbranched alkanes of at least 4 members (excludes halogenated alkanes) is 9. The van der Waals surface area contributed by atoms with Crippen LogP contribution in [0.5, 0.6) is 0 Å². The fraction of sp³-hybridized carbons (Fsp3) is 0.938. The van der Waals surface area contributed by atoms with E-state index >= 15 is 0 Å². The van der Waals surface area contributed by atoms with Crippen molar-refractivity contribution in [2.45, 2.75) is 90.9 Å². The Hall–Kier alpha value is -0.730. The van der Waals surface area contributed by atoms with Gasteiger partial charge in [-0.3, -0.25) is 4.99 Å². The summed E-state index contributed by atoms with van der Waals surface area (Å²) in [5, 5.41) is 3.05. The Kier molecular flexibility index (Phi) is 14.7. The van der Waals surface area contributed by atoms with E-state index in [0.717, 1.165) is 25.8 Å². The van der Waals surface area contributed by atoms with Gasteiger partial charge in [-0.15, -0.1) is 4.91 Å². The lowest BCUT2D eigenvalue weighted by atomic mass is 10.1. The van der Waals surface area contributed by atoms with Crippen LogP contribution in [0.25, 0.3) is 0 Å². The Morgan fingerprint density at radius 2 is 1.26 bits per heavy atom. The highest BCUT2D eigenvalue weighted by Gasteiger charge is 1.99. The molecule has 0 spiro atoms. The maximum absolute atomic E-state index is 10.6. The predicted octanol–water partition coefficient (Wildman–Crippen LogP) is 5.87. The van der Waals surface area contributed by atoms with E-state index in [4.69, 9.17) is 0 Å². The first-order valence-electron chi connectivity index (χ1n) is 8.21. The molecule has 3 heteroatoms. The maximum atomic E-state index is 10.6. The third-order valence-electron chi connectivity index (χ3n) is 3.42. The topological polar surface area (TPSA) is 41.8 Å². The van der Waals surface area contributed by atoms with Crippen LogP contribution < -0.4 is 0 Å². The summed E-state index contributed by atoms with van der Waals surface area (Å²) in [5.74, 6) is 0.532. The molecular weight excluding hydrogens is 236 g/mol. The molecule has 0 aliphatic rings. The zero-order valence-corrected chi connectivity index (χ0v) is 13.0. The van der Waals surface area contributed by atoms with Gasteiger partial charge < -0.3 is 0 Å². The second-order valence-corrected chi connectivity index (χ2v) is 5.32. The van der Waals surface area contributed by atoms with Crippen molar-refractivity contribution in [3.8, 4) is 0 Å². The molecule has 0 aromatic carbocycles. The molecule has 0 unspecified atom stereocenters. The Labute approximate surface area is 119 Å². The van der Waals surface area contributed by atoms with Crippen molar-refractivity contribution < 1.29 is 0 Å². The van der Waals surface area contributed by atoms with Gasteiger partial charge in [-0.25, -0.2) is 0 Å². The second-order valence-electron chi connectivity index (χ2n) is 5.32. The molecule has 0 bridgehead atoms. The van der Waals surface area contributed by atoms with Crippen LogP contribution in [0.15, 0.2) is 10.2 Å². The number of aliphatic imine (C=N–C) groups is 1. The molecular formula is C16H32N2O. The van der Waals surface area contributed by atoms with Crippen molar-refractivity contribution in [1.29, 1.82) is 0 Å². The monoisotopic (exact) mass is 268 g/mol. The standard InChI is InChI=1S/C16H32N2O/c1-3-5-7-9-11-13-15-17-16(18-19)14-12-10-8-6-4-2/h3-15H2,1-2H3. The average molecular weight is 268 g/mol. The minimum absolute atomic E-state index is 0.532. The molecule has 0 N–H and O–H groups in total. The summed E-state index contributed by atoms with van der Waals surface area (Å²) < 4.78 is 0. The Bertz CT molecular complexity index is 227. The van der Waals surface area contributed by atoms with Crippen LogP contribution >= 0.6 is 0 Å². The van der Waals surface area contributed by atoms with E-state index in [2.05, 4.69) is 24.0 Å². The summed E-state index contributed by atoms with van der Waals surface area (Å²) in [5.41, 5.74) is 0. The van der Waals surface area contributed by atoms with Crippen molar-refractivity contribution in [3.63, 3.8) is 0 Å². The van der Waals surface area contributed by atoms with E-state index in [-0.39, 0.29) is 0 Å². The Morgan fingerprint density at radius 1 is 0.737 bits per heavy atom. The summed E-state index contributed by atoms with van der Waals surface area (Å²) in [4.78, 5) is 15.0. The normalized spacial score (nSPS) is 11.8. The van der Waals surface area contributed by atoms with Gasteiger partial charge in [-0.2, -0.15) is 0 Å². The van der Waals surface area contributed by atoms with Crippen LogP contribution in [-0.2, 0) is 0 Å². The molecule has 0 aliphatic heterocycles. The molecule has 0 aromatic heterocycles. The van der Waals surface area contributed by atoms with Crippen LogP contribution in [0.2, 0.25) is 0 Å². The molecule has 0 fully saturated rings. The third kappa shape index (κ3) is 13.5. The van der Waals surface area contributed by atoms with Gasteiger partial charge in [0.2, 0.25) is 0 Å². The summed E-state index contributed by atoms with van der Waals surface area (Å²) in [6.07, 6.45) is 14.4. The second kappa shape index (κ2) is 15.3. The number of hydrogen-bond donors (Lipinski definition) is 0. The zero-order chi connectivity index (χ0) is 14.2. The minimum Gasteiger partial charge on any atom is -0.268 e. The molecule has 0 amide bonds. The lowest BCUT2D eigenvalue weighted by molar-refractivity contribution is 0.611. The van der Waals surface area contributed by atoms with Gasteiger partial charge >= 0.3 is 0 Å². The number of amidine groups is 1. The first kappa shape index (κ1) is 18.3. The van der Waals surface area contributed by atoms with E-state index in [1.54, 1.807) is 0 Å². The Balaban J connectivity index is 3.49. The summed E-state index contributed by atoms with van der Waals surface area (Å²) in [6.45, 7) is 5.22. The smallest absolute Gasteiger partial charge is 0.168 e. The van der Waals surface area contributed by atoms with Crippen LogP contribution in [0.1, 0.15) is 90.9 Å². The van der Waals surface area contributed by atoms with Crippen molar-refractivity contribution in [3.05, 3.63) is 4.91 Å². The molecule has 0 atom stereocenters. The predicted molar refractivity (Wildman–Crippen MR) is 84.8 cm³/mol. The molecule has 112 valence electrons. The van der Waals surface area contributed by atoms with Crippen molar-refractivity contribution >= 4 is 5.84 Å². The van der Waals surface area contributed by atoms with Crippen molar-refractivity contribution in [2.24, 2.45) is 10.2 Å². The molecule has 0 saturated heterocycles. The number of hydrogen-bond acceptors (Lipinski definition) is 2. The van der Waals surface area contributed by atoms with Gasteiger partial charge in [0, 0.05) is 13.0 Å². The molecule has 0 rings (SSSR count). The van der Waals surface area contributed by atoms with E-state index in [1.165, 1.54) is 57.8 Å². The maximum Gasteiger partial charge on any atom is 0.168 e. The lowest BCUT2D eigenvalue weighted by Crippen LogP contribution is -1.96. The quantitative estimate of drug-likeness (QED) is 0.178. The summed E-state index contributed by atoms with van der Waals surface area (Å²) in [6, 6.07) is 0. The molecule has 0 aromatic rings. The van der Waals surface area contributed by atoms with Crippen LogP contribution in [0, 0.1) is 4.91 Å². The van der Waals surface area contributed by atoms with Crippen molar-refractivity contribution in [2.75, 3.05) is 6.54 Å². The largest absolute Gasteiger partial charge is 0.268 e. The third-order valence-corrected chi connectivity index (χ3v) is 3.42. The highest BCUT2D eigenvalue weighted by atomic mass is 16.3. The number of rotatable bonds is 13. The molecule has 0 radical (unpaired) electrons. The van der Waals surface area contributed by atoms with Gasteiger partial charge in [0.25, 0.3) is 0 Å². The SMILES string of the molecule is CCCCCCCCN=C(CCCCCCC)N=O. The van der Waals surface area contributed by atoms with Crippen LogP contribution in [0.3, 0.4) is 0 Å². The van der Waals surface area contributed by atoms with Gasteiger partial charge in [0.15, 0.2) is 5.84 Å². The van der Waals surface area contributed by atoms with Gasteiger partial charge in [0.1, 0.15) is 0 Å². The van der Waals surface area contributed by atoms with Gasteiger partial charge in [-0.05, 0) is 18.0 Å².